The van der Waals surface area contributed by atoms with Crippen molar-refractivity contribution in [3.8, 4) is 5.75 Å². The van der Waals surface area contributed by atoms with Gasteiger partial charge in [-0.2, -0.15) is 0 Å². The van der Waals surface area contributed by atoms with Crippen molar-refractivity contribution in [2.45, 2.75) is 38.4 Å². The highest BCUT2D eigenvalue weighted by atomic mass is 32.2. The van der Waals surface area contributed by atoms with Gasteiger partial charge >= 0.3 is 0 Å². The molecule has 1 heterocycles. The van der Waals surface area contributed by atoms with Crippen molar-refractivity contribution in [1.82, 2.24) is 14.8 Å². The number of aryl methyl sites for hydroxylation is 3. The van der Waals surface area contributed by atoms with E-state index in [1.165, 1.54) is 11.8 Å². The summed E-state index contributed by atoms with van der Waals surface area (Å²) in [7, 11) is 0. The van der Waals surface area contributed by atoms with Gasteiger partial charge in [0.15, 0.2) is 5.16 Å². The lowest BCUT2D eigenvalue weighted by Crippen LogP contribution is -2.14. The van der Waals surface area contributed by atoms with Gasteiger partial charge in [0.1, 0.15) is 11.6 Å². The minimum absolute atomic E-state index is 0.0739. The van der Waals surface area contributed by atoms with E-state index in [2.05, 4.69) is 22.1 Å². The van der Waals surface area contributed by atoms with Crippen LogP contribution in [0, 0.1) is 13.8 Å². The fourth-order valence-electron chi connectivity index (χ4n) is 3.02. The average Bonchev–Trinajstić information content (AvgIpc) is 3.14. The fourth-order valence-corrected chi connectivity index (χ4v) is 3.78. The third-order valence-electron chi connectivity index (χ3n) is 4.67. The molecule has 31 heavy (non-hydrogen) atoms. The summed E-state index contributed by atoms with van der Waals surface area (Å²) in [5, 5.41) is 12.2. The Labute approximate surface area is 187 Å². The third-order valence-corrected chi connectivity index (χ3v) is 5.64. The quantitative estimate of drug-likeness (QED) is 0.265. The van der Waals surface area contributed by atoms with Gasteiger partial charge in [-0.1, -0.05) is 53.7 Å². The molecule has 0 saturated carbocycles. The molecule has 0 saturated heterocycles. The third kappa shape index (κ3) is 6.72. The predicted molar refractivity (Wildman–Crippen MR) is 126 cm³/mol. The molecule has 0 atom stereocenters. The molecule has 1 amide bonds. The number of thioether (sulfide) groups is 1. The Morgan fingerprint density at radius 1 is 1.16 bits per heavy atom. The molecule has 0 aliphatic rings. The van der Waals surface area contributed by atoms with Crippen LogP contribution < -0.4 is 10.1 Å². The van der Waals surface area contributed by atoms with Gasteiger partial charge in [-0.15, -0.1) is 16.8 Å². The van der Waals surface area contributed by atoms with Crippen LogP contribution in [0.2, 0.25) is 0 Å². The number of hydrogen-bond donors (Lipinski definition) is 1. The zero-order valence-corrected chi connectivity index (χ0v) is 18.8. The maximum absolute atomic E-state index is 12.3. The summed E-state index contributed by atoms with van der Waals surface area (Å²) in [6, 6.07) is 15.7. The van der Waals surface area contributed by atoms with E-state index in [1.807, 2.05) is 73.0 Å². The van der Waals surface area contributed by atoms with Gasteiger partial charge in [-0.3, -0.25) is 4.79 Å². The minimum Gasteiger partial charge on any atom is -0.493 e. The maximum atomic E-state index is 12.3. The van der Waals surface area contributed by atoms with Gasteiger partial charge in [0, 0.05) is 18.7 Å². The lowest BCUT2D eigenvalue weighted by molar-refractivity contribution is -0.113. The van der Waals surface area contributed by atoms with Crippen molar-refractivity contribution in [1.29, 1.82) is 0 Å². The molecule has 0 unspecified atom stereocenters. The molecular formula is C24H28N4O2S. The summed E-state index contributed by atoms with van der Waals surface area (Å²) in [5.41, 5.74) is 3.07. The van der Waals surface area contributed by atoms with Gasteiger partial charge in [0.25, 0.3) is 0 Å². The number of aromatic nitrogens is 3. The first-order valence-electron chi connectivity index (χ1n) is 10.3. The number of benzene rings is 2. The summed E-state index contributed by atoms with van der Waals surface area (Å²) in [4.78, 5) is 12.3. The van der Waals surface area contributed by atoms with E-state index in [4.69, 9.17) is 4.74 Å². The Balaban J connectivity index is 1.51. The van der Waals surface area contributed by atoms with E-state index in [1.54, 1.807) is 0 Å². The largest absolute Gasteiger partial charge is 0.493 e. The maximum Gasteiger partial charge on any atom is 0.234 e. The Morgan fingerprint density at radius 3 is 2.68 bits per heavy atom. The molecule has 1 N–H and O–H groups in total. The number of nitrogens with zero attached hydrogens (tertiary/aromatic N) is 3. The summed E-state index contributed by atoms with van der Waals surface area (Å²) in [6.07, 6.45) is 3.37. The second-order valence-corrected chi connectivity index (χ2v) is 8.16. The van der Waals surface area contributed by atoms with Crippen LogP contribution in [0.15, 0.2) is 66.3 Å². The van der Waals surface area contributed by atoms with Crippen LogP contribution in [0.5, 0.6) is 5.75 Å². The molecule has 0 fully saturated rings. The molecule has 0 radical (unpaired) electrons. The van der Waals surface area contributed by atoms with Crippen molar-refractivity contribution in [2.24, 2.45) is 0 Å². The first kappa shape index (κ1) is 22.6. The molecule has 0 aliphatic carbocycles. The molecular weight excluding hydrogens is 408 g/mol. The lowest BCUT2D eigenvalue weighted by Gasteiger charge is -2.10. The van der Waals surface area contributed by atoms with E-state index < -0.39 is 0 Å². The number of allylic oxidation sites excluding steroid dienone is 1. The first-order chi connectivity index (χ1) is 15.1. The number of hydrogen-bond acceptors (Lipinski definition) is 5. The number of amides is 1. The topological polar surface area (TPSA) is 69.0 Å². The van der Waals surface area contributed by atoms with Crippen LogP contribution in [0.3, 0.4) is 0 Å². The van der Waals surface area contributed by atoms with E-state index in [0.717, 1.165) is 41.2 Å². The Hall–Kier alpha value is -3.06. The number of carbonyl (C=O) groups excluding carboxylic acids is 1. The second-order valence-electron chi connectivity index (χ2n) is 7.22. The normalized spacial score (nSPS) is 10.6. The molecule has 3 rings (SSSR count). The number of carbonyl (C=O) groups is 1. The van der Waals surface area contributed by atoms with Crippen molar-refractivity contribution in [3.05, 3.63) is 78.1 Å². The lowest BCUT2D eigenvalue weighted by atomic mass is 10.2. The van der Waals surface area contributed by atoms with Crippen LogP contribution in [-0.4, -0.2) is 33.0 Å². The Bertz CT molecular complexity index is 1010. The van der Waals surface area contributed by atoms with Crippen LogP contribution >= 0.6 is 11.8 Å². The number of para-hydroxylation sites is 1. The predicted octanol–water partition coefficient (Wildman–Crippen LogP) is 4.82. The van der Waals surface area contributed by atoms with Gasteiger partial charge in [-0.25, -0.2) is 0 Å². The van der Waals surface area contributed by atoms with Crippen LogP contribution in [0.4, 0.5) is 5.69 Å². The Morgan fingerprint density at radius 2 is 1.94 bits per heavy atom. The summed E-state index contributed by atoms with van der Waals surface area (Å²) in [6.45, 7) is 9.09. The van der Waals surface area contributed by atoms with Crippen molar-refractivity contribution in [2.75, 3.05) is 17.7 Å². The number of anilines is 1. The molecule has 7 heteroatoms. The Kier molecular flexibility index (Phi) is 8.29. The first-order valence-corrected chi connectivity index (χ1v) is 11.3. The molecule has 2 aromatic carbocycles. The zero-order valence-electron chi connectivity index (χ0n) is 18.0. The highest BCUT2D eigenvalue weighted by Crippen LogP contribution is 2.20. The average molecular weight is 437 g/mol. The van der Waals surface area contributed by atoms with E-state index in [-0.39, 0.29) is 11.7 Å². The van der Waals surface area contributed by atoms with Crippen molar-refractivity contribution < 1.29 is 9.53 Å². The van der Waals surface area contributed by atoms with E-state index >= 15 is 0 Å². The van der Waals surface area contributed by atoms with Crippen molar-refractivity contribution >= 4 is 23.4 Å². The second kappa shape index (κ2) is 11.4. The number of ether oxygens (including phenoxy) is 1. The van der Waals surface area contributed by atoms with E-state index in [9.17, 15) is 4.79 Å². The smallest absolute Gasteiger partial charge is 0.234 e. The minimum atomic E-state index is -0.0739. The summed E-state index contributed by atoms with van der Waals surface area (Å²) < 4.78 is 7.88. The highest BCUT2D eigenvalue weighted by molar-refractivity contribution is 7.99. The molecule has 1 aromatic heterocycles. The molecule has 6 nitrogen and oxygen atoms in total. The van der Waals surface area contributed by atoms with Crippen LogP contribution in [-0.2, 0) is 17.8 Å². The van der Waals surface area contributed by atoms with Gasteiger partial charge < -0.3 is 14.6 Å². The molecule has 162 valence electrons. The zero-order chi connectivity index (χ0) is 22.1. The van der Waals surface area contributed by atoms with Gasteiger partial charge in [0.05, 0.1) is 12.4 Å². The van der Waals surface area contributed by atoms with Crippen molar-refractivity contribution in [3.63, 3.8) is 0 Å². The summed E-state index contributed by atoms with van der Waals surface area (Å²) >= 11 is 1.37. The monoisotopic (exact) mass is 436 g/mol. The fraction of sp³-hybridized carbons (Fsp3) is 0.292. The molecule has 0 aliphatic heterocycles. The standard InChI is InChI=1S/C24H28N4O2S/c1-4-15-28-22(10-7-16-30-21-9-6-5-8-19(21)3)26-27-24(28)31-17-23(29)25-20-13-11-18(2)12-14-20/h4-6,8-9,11-14H,1,7,10,15-17H2,2-3H3,(H,25,29). The summed E-state index contributed by atoms with van der Waals surface area (Å²) in [5.74, 6) is 1.97. The van der Waals surface area contributed by atoms with Crippen LogP contribution in [0.1, 0.15) is 23.4 Å². The molecule has 3 aromatic rings. The van der Waals surface area contributed by atoms with Gasteiger partial charge in [-0.05, 0) is 44.0 Å². The SMILES string of the molecule is C=CCn1c(CCCOc2ccccc2C)nnc1SCC(=O)Nc1ccc(C)cc1. The molecule has 0 bridgehead atoms. The molecule has 0 spiro atoms. The van der Waals surface area contributed by atoms with E-state index in [0.29, 0.717) is 18.3 Å². The number of rotatable bonds is 11. The van der Waals surface area contributed by atoms with Crippen LogP contribution in [0.25, 0.3) is 0 Å². The highest BCUT2D eigenvalue weighted by Gasteiger charge is 2.13. The van der Waals surface area contributed by atoms with Gasteiger partial charge in [0.2, 0.25) is 5.91 Å². The number of nitrogens with one attached hydrogen (secondary N) is 1.